The second kappa shape index (κ2) is 7.40. The molecule has 5 heteroatoms. The van der Waals surface area contributed by atoms with Crippen LogP contribution in [0.5, 0.6) is 5.75 Å². The summed E-state index contributed by atoms with van der Waals surface area (Å²) in [5.41, 5.74) is 10.1. The number of fused-ring (bicyclic) bond motifs is 1. The molecule has 2 N–H and O–H groups in total. The Kier molecular flexibility index (Phi) is 4.70. The van der Waals surface area contributed by atoms with Crippen molar-refractivity contribution in [1.82, 2.24) is 9.88 Å². The van der Waals surface area contributed by atoms with Crippen LogP contribution in [0.25, 0.3) is 22.0 Å². The maximum Gasteiger partial charge on any atom is 0.242 e. The second-order valence-electron chi connectivity index (χ2n) is 8.65. The third kappa shape index (κ3) is 3.65. The maximum absolute atomic E-state index is 12.4. The van der Waals surface area contributed by atoms with Crippen LogP contribution in [0.1, 0.15) is 31.2 Å². The quantitative estimate of drug-likeness (QED) is 0.715. The van der Waals surface area contributed by atoms with Crippen molar-refractivity contribution in [3.63, 3.8) is 0 Å². The number of hydrogen-bond acceptors (Lipinski definition) is 4. The minimum absolute atomic E-state index is 0.116. The molecule has 30 heavy (non-hydrogen) atoms. The molecule has 0 unspecified atom stereocenters. The fraction of sp³-hybridized carbons (Fsp3) is 0.360. The van der Waals surface area contributed by atoms with Crippen molar-refractivity contribution in [3.05, 3.63) is 60.3 Å². The zero-order valence-corrected chi connectivity index (χ0v) is 17.3. The van der Waals surface area contributed by atoms with Gasteiger partial charge in [-0.2, -0.15) is 0 Å². The molecule has 1 aromatic heterocycles. The molecule has 5 nitrogen and oxygen atoms in total. The molecule has 0 spiro atoms. The van der Waals surface area contributed by atoms with Gasteiger partial charge in [0.2, 0.25) is 5.91 Å². The van der Waals surface area contributed by atoms with Gasteiger partial charge in [0.05, 0.1) is 11.1 Å². The topological polar surface area (TPSA) is 68.5 Å². The molecule has 0 atom stereocenters. The number of likely N-dealkylation sites (tertiary alicyclic amines) is 1. The lowest BCUT2D eigenvalue weighted by molar-refractivity contribution is -0.135. The highest BCUT2D eigenvalue weighted by Crippen LogP contribution is 2.35. The van der Waals surface area contributed by atoms with Gasteiger partial charge < -0.3 is 15.4 Å². The lowest BCUT2D eigenvalue weighted by Crippen LogP contribution is -2.50. The van der Waals surface area contributed by atoms with E-state index in [-0.39, 0.29) is 12.0 Å². The van der Waals surface area contributed by atoms with E-state index in [0.29, 0.717) is 0 Å². The van der Waals surface area contributed by atoms with Gasteiger partial charge in [0.25, 0.3) is 0 Å². The lowest BCUT2D eigenvalue weighted by atomic mass is 9.98. The fourth-order valence-electron chi connectivity index (χ4n) is 4.29. The third-order valence-corrected chi connectivity index (χ3v) is 6.36. The third-order valence-electron chi connectivity index (χ3n) is 6.36. The number of benzene rings is 2. The zero-order chi connectivity index (χ0) is 20.7. The number of piperidine rings is 1. The predicted molar refractivity (Wildman–Crippen MR) is 118 cm³/mol. The van der Waals surface area contributed by atoms with E-state index in [1.54, 1.807) is 0 Å². The van der Waals surface area contributed by atoms with Crippen LogP contribution in [0.15, 0.2) is 54.7 Å². The molecule has 3 aromatic rings. The first kappa shape index (κ1) is 19.1. The molecule has 2 aliphatic rings. The molecular formula is C25H27N3O2. The lowest BCUT2D eigenvalue weighted by Gasteiger charge is -2.33. The summed E-state index contributed by atoms with van der Waals surface area (Å²) >= 11 is 0. The molecule has 1 amide bonds. The largest absolute Gasteiger partial charge is 0.490 e. The van der Waals surface area contributed by atoms with Crippen LogP contribution in [0.2, 0.25) is 0 Å². The summed E-state index contributed by atoms with van der Waals surface area (Å²) in [6, 6.07) is 16.7. The summed E-state index contributed by atoms with van der Waals surface area (Å²) in [5.74, 6) is 0.989. The van der Waals surface area contributed by atoms with E-state index in [4.69, 9.17) is 10.5 Å². The average Bonchev–Trinajstić information content (AvgIpc) is 3.52. The molecule has 2 heterocycles. The Labute approximate surface area is 176 Å². The molecule has 1 saturated carbocycles. The number of hydrogen-bond donors (Lipinski definition) is 1. The van der Waals surface area contributed by atoms with Crippen LogP contribution >= 0.6 is 0 Å². The summed E-state index contributed by atoms with van der Waals surface area (Å²) in [6.07, 6.45) is 5.30. The number of rotatable bonds is 4. The molecular weight excluding hydrogens is 374 g/mol. The summed E-state index contributed by atoms with van der Waals surface area (Å²) in [5, 5.41) is 1.16. The van der Waals surface area contributed by atoms with Crippen molar-refractivity contribution in [3.8, 4) is 16.9 Å². The van der Waals surface area contributed by atoms with Crippen LogP contribution < -0.4 is 10.5 Å². The number of aromatic nitrogens is 1. The Morgan fingerprint density at radius 2 is 1.87 bits per heavy atom. The molecule has 1 aliphatic heterocycles. The summed E-state index contributed by atoms with van der Waals surface area (Å²) in [4.78, 5) is 18.8. The molecule has 0 bridgehead atoms. The van der Waals surface area contributed by atoms with Gasteiger partial charge in [-0.3, -0.25) is 9.78 Å². The number of nitrogens with two attached hydrogens (primary N) is 1. The number of nitrogens with zero attached hydrogens (tertiary/aromatic N) is 2. The number of amides is 1. The Morgan fingerprint density at radius 1 is 1.13 bits per heavy atom. The minimum atomic E-state index is -0.570. The molecule has 0 radical (unpaired) electrons. The first-order valence-corrected chi connectivity index (χ1v) is 10.7. The van der Waals surface area contributed by atoms with Crippen LogP contribution in [0, 0.1) is 6.92 Å². The number of aryl methyl sites for hydroxylation is 1. The van der Waals surface area contributed by atoms with E-state index < -0.39 is 5.54 Å². The smallest absolute Gasteiger partial charge is 0.242 e. The van der Waals surface area contributed by atoms with E-state index in [2.05, 4.69) is 42.2 Å². The highest BCUT2D eigenvalue weighted by Gasteiger charge is 2.48. The Hall–Kier alpha value is -2.92. The van der Waals surface area contributed by atoms with Gasteiger partial charge in [-0.25, -0.2) is 0 Å². The van der Waals surface area contributed by atoms with Gasteiger partial charge in [0, 0.05) is 37.5 Å². The van der Waals surface area contributed by atoms with Crippen LogP contribution in [0.3, 0.4) is 0 Å². The van der Waals surface area contributed by atoms with Gasteiger partial charge in [0.15, 0.2) is 0 Å². The zero-order valence-electron chi connectivity index (χ0n) is 17.3. The molecule has 2 aromatic carbocycles. The van der Waals surface area contributed by atoms with Crippen molar-refractivity contribution in [2.24, 2.45) is 5.73 Å². The first-order valence-electron chi connectivity index (χ1n) is 10.7. The normalized spacial score (nSPS) is 18.4. The maximum atomic E-state index is 12.4. The van der Waals surface area contributed by atoms with Crippen molar-refractivity contribution in [2.45, 2.75) is 44.2 Å². The van der Waals surface area contributed by atoms with Gasteiger partial charge in [-0.05, 0) is 66.8 Å². The van der Waals surface area contributed by atoms with Crippen molar-refractivity contribution < 1.29 is 9.53 Å². The number of pyridine rings is 1. The Morgan fingerprint density at radius 3 is 2.57 bits per heavy atom. The van der Waals surface area contributed by atoms with Crippen LogP contribution in [0.4, 0.5) is 0 Å². The fourth-order valence-corrected chi connectivity index (χ4v) is 4.29. The highest BCUT2D eigenvalue weighted by molar-refractivity contribution is 5.89. The summed E-state index contributed by atoms with van der Waals surface area (Å²) in [6.45, 7) is 3.59. The first-order chi connectivity index (χ1) is 14.5. The second-order valence-corrected chi connectivity index (χ2v) is 8.65. The van der Waals surface area contributed by atoms with E-state index in [1.807, 2.05) is 29.3 Å². The van der Waals surface area contributed by atoms with Crippen LogP contribution in [-0.4, -0.2) is 40.5 Å². The van der Waals surface area contributed by atoms with Gasteiger partial charge >= 0.3 is 0 Å². The molecule has 154 valence electrons. The predicted octanol–water partition coefficient (Wildman–Crippen LogP) is 4.07. The summed E-state index contributed by atoms with van der Waals surface area (Å²) in [7, 11) is 0. The van der Waals surface area contributed by atoms with Gasteiger partial charge in [-0.15, -0.1) is 0 Å². The number of carbonyl (C=O) groups excluding carboxylic acids is 1. The van der Waals surface area contributed by atoms with E-state index in [0.717, 1.165) is 61.0 Å². The number of carbonyl (C=O) groups is 1. The standard InChI is InChI=1S/C25H27N3O2/c1-17-15-19-3-2-12-27-23(19)16-22(17)18-4-6-20(7-5-18)30-21-8-13-28(14-9-21)24(29)25(26)10-11-25/h2-7,12,15-16,21H,8-11,13-14,26H2,1H3. The monoisotopic (exact) mass is 401 g/mol. The molecule has 1 aliphatic carbocycles. The van der Waals surface area contributed by atoms with Gasteiger partial charge in [-0.1, -0.05) is 18.2 Å². The molecule has 1 saturated heterocycles. The van der Waals surface area contributed by atoms with Gasteiger partial charge in [0.1, 0.15) is 11.9 Å². The molecule has 2 fully saturated rings. The van der Waals surface area contributed by atoms with Crippen molar-refractivity contribution in [1.29, 1.82) is 0 Å². The highest BCUT2D eigenvalue weighted by atomic mass is 16.5. The Bertz CT molecular complexity index is 1080. The molecule has 5 rings (SSSR count). The minimum Gasteiger partial charge on any atom is -0.490 e. The Balaban J connectivity index is 1.24. The van der Waals surface area contributed by atoms with E-state index in [9.17, 15) is 4.79 Å². The van der Waals surface area contributed by atoms with Crippen molar-refractivity contribution >= 4 is 16.8 Å². The van der Waals surface area contributed by atoms with Crippen LogP contribution in [-0.2, 0) is 4.79 Å². The summed E-state index contributed by atoms with van der Waals surface area (Å²) < 4.78 is 6.19. The number of ether oxygens (including phenoxy) is 1. The SMILES string of the molecule is Cc1cc2cccnc2cc1-c1ccc(OC2CCN(C(=O)C3(N)CC3)CC2)cc1. The van der Waals surface area contributed by atoms with E-state index in [1.165, 1.54) is 11.1 Å². The van der Waals surface area contributed by atoms with E-state index >= 15 is 0 Å². The van der Waals surface area contributed by atoms with Crippen molar-refractivity contribution in [2.75, 3.05) is 13.1 Å². The average molecular weight is 402 g/mol.